The fourth-order valence-electron chi connectivity index (χ4n) is 2.75. The van der Waals surface area contributed by atoms with Gasteiger partial charge in [0.2, 0.25) is 0 Å². The van der Waals surface area contributed by atoms with Crippen molar-refractivity contribution in [3.05, 3.63) is 35.9 Å². The molecule has 0 spiro atoms. The third-order valence-corrected chi connectivity index (χ3v) is 3.74. The number of nitriles is 1. The largest absolute Gasteiger partial charge is 0.396 e. The Bertz CT molecular complexity index is 399. The molecular formula is C15H20N2O. The first-order valence-corrected chi connectivity index (χ1v) is 6.64. The highest BCUT2D eigenvalue weighted by Crippen LogP contribution is 2.24. The van der Waals surface area contributed by atoms with Gasteiger partial charge >= 0.3 is 0 Å². The molecule has 1 N–H and O–H groups in total. The van der Waals surface area contributed by atoms with Crippen LogP contribution in [-0.2, 0) is 0 Å². The summed E-state index contributed by atoms with van der Waals surface area (Å²) >= 11 is 0. The monoisotopic (exact) mass is 244 g/mol. The maximum Gasteiger partial charge on any atom is 0.0839 e. The average molecular weight is 244 g/mol. The maximum absolute atomic E-state index is 9.33. The van der Waals surface area contributed by atoms with Crippen LogP contribution in [-0.4, -0.2) is 35.7 Å². The fourth-order valence-corrected chi connectivity index (χ4v) is 2.75. The van der Waals surface area contributed by atoms with Crippen molar-refractivity contribution in [2.45, 2.75) is 31.2 Å². The molecule has 2 atom stereocenters. The maximum atomic E-state index is 9.33. The van der Waals surface area contributed by atoms with Crippen LogP contribution >= 0.6 is 0 Å². The van der Waals surface area contributed by atoms with Gasteiger partial charge in [0, 0.05) is 19.2 Å². The van der Waals surface area contributed by atoms with Gasteiger partial charge in [-0.1, -0.05) is 30.3 Å². The number of benzene rings is 1. The van der Waals surface area contributed by atoms with Crippen LogP contribution in [0.3, 0.4) is 0 Å². The van der Waals surface area contributed by atoms with Crippen LogP contribution in [0, 0.1) is 11.3 Å². The Labute approximate surface area is 109 Å². The van der Waals surface area contributed by atoms with E-state index in [1.807, 2.05) is 30.3 Å². The minimum atomic E-state index is -0.0644. The summed E-state index contributed by atoms with van der Waals surface area (Å²) in [4.78, 5) is 2.36. The summed E-state index contributed by atoms with van der Waals surface area (Å²) in [5.74, 6) is -0.0644. The molecule has 1 aromatic carbocycles. The molecule has 1 aliphatic heterocycles. The molecule has 0 saturated carbocycles. The number of rotatable bonds is 5. The van der Waals surface area contributed by atoms with Crippen molar-refractivity contribution in [3.63, 3.8) is 0 Å². The fraction of sp³-hybridized carbons (Fsp3) is 0.533. The van der Waals surface area contributed by atoms with Crippen molar-refractivity contribution in [3.8, 4) is 6.07 Å². The van der Waals surface area contributed by atoms with E-state index >= 15 is 0 Å². The van der Waals surface area contributed by atoms with E-state index in [1.165, 1.54) is 6.42 Å². The van der Waals surface area contributed by atoms with Gasteiger partial charge in [-0.2, -0.15) is 5.26 Å². The molecule has 0 aromatic heterocycles. The molecule has 18 heavy (non-hydrogen) atoms. The van der Waals surface area contributed by atoms with Crippen molar-refractivity contribution < 1.29 is 5.11 Å². The van der Waals surface area contributed by atoms with E-state index in [1.54, 1.807) is 0 Å². The second-order valence-electron chi connectivity index (χ2n) is 4.90. The lowest BCUT2D eigenvalue weighted by molar-refractivity contribution is 0.193. The third-order valence-electron chi connectivity index (χ3n) is 3.74. The first kappa shape index (κ1) is 13.1. The smallest absolute Gasteiger partial charge is 0.0839 e. The van der Waals surface area contributed by atoms with Crippen molar-refractivity contribution >= 4 is 0 Å². The Kier molecular flexibility index (Phi) is 4.74. The van der Waals surface area contributed by atoms with Crippen molar-refractivity contribution in [2.75, 3.05) is 19.7 Å². The van der Waals surface area contributed by atoms with Gasteiger partial charge in [0.05, 0.1) is 12.0 Å². The number of hydrogen-bond donors (Lipinski definition) is 1. The number of likely N-dealkylation sites (tertiary alicyclic amines) is 1. The molecule has 2 rings (SSSR count). The third kappa shape index (κ3) is 3.10. The molecule has 1 heterocycles. The van der Waals surface area contributed by atoms with Crippen LogP contribution < -0.4 is 0 Å². The highest BCUT2D eigenvalue weighted by molar-refractivity contribution is 5.25. The van der Waals surface area contributed by atoms with Crippen LogP contribution in [0.1, 0.15) is 30.7 Å². The van der Waals surface area contributed by atoms with Gasteiger partial charge in [-0.25, -0.2) is 0 Å². The van der Waals surface area contributed by atoms with Crippen LogP contribution in [0.4, 0.5) is 0 Å². The topological polar surface area (TPSA) is 47.3 Å². The predicted molar refractivity (Wildman–Crippen MR) is 71.1 cm³/mol. The van der Waals surface area contributed by atoms with Gasteiger partial charge < -0.3 is 5.11 Å². The molecule has 0 amide bonds. The Morgan fingerprint density at radius 1 is 1.39 bits per heavy atom. The van der Waals surface area contributed by atoms with Gasteiger partial charge in [-0.3, -0.25) is 4.90 Å². The summed E-state index contributed by atoms with van der Waals surface area (Å²) < 4.78 is 0. The Hall–Kier alpha value is -1.37. The zero-order valence-corrected chi connectivity index (χ0v) is 10.6. The predicted octanol–water partition coefficient (Wildman–Crippen LogP) is 2.14. The van der Waals surface area contributed by atoms with E-state index in [4.69, 9.17) is 5.11 Å². The summed E-state index contributed by atoms with van der Waals surface area (Å²) in [6.07, 6.45) is 3.15. The van der Waals surface area contributed by atoms with Crippen molar-refractivity contribution in [2.24, 2.45) is 0 Å². The lowest BCUT2D eigenvalue weighted by atomic mass is 9.99. The van der Waals surface area contributed by atoms with E-state index in [2.05, 4.69) is 11.0 Å². The molecule has 1 fully saturated rings. The second-order valence-corrected chi connectivity index (χ2v) is 4.90. The molecule has 3 heteroatoms. The highest BCUT2D eigenvalue weighted by atomic mass is 16.3. The van der Waals surface area contributed by atoms with E-state index < -0.39 is 0 Å². The first-order valence-electron chi connectivity index (χ1n) is 6.64. The molecule has 1 aliphatic rings. The lowest BCUT2D eigenvalue weighted by Crippen LogP contribution is -2.33. The minimum absolute atomic E-state index is 0.0644. The number of aliphatic hydroxyl groups is 1. The molecule has 0 bridgehead atoms. The molecule has 2 unspecified atom stereocenters. The SMILES string of the molecule is N#CC(CN1CCCC1CCO)c1ccccc1. The lowest BCUT2D eigenvalue weighted by Gasteiger charge is -2.26. The minimum Gasteiger partial charge on any atom is -0.396 e. The van der Waals surface area contributed by atoms with Gasteiger partial charge in [-0.15, -0.1) is 0 Å². The first-order chi connectivity index (χ1) is 8.85. The van der Waals surface area contributed by atoms with Crippen LogP contribution in [0.15, 0.2) is 30.3 Å². The molecule has 3 nitrogen and oxygen atoms in total. The molecule has 1 aromatic rings. The van der Waals surface area contributed by atoms with Gasteiger partial charge in [0.15, 0.2) is 0 Å². The normalized spacial score (nSPS) is 21.7. The van der Waals surface area contributed by atoms with Crippen LogP contribution in [0.2, 0.25) is 0 Å². The number of aliphatic hydroxyl groups excluding tert-OH is 1. The van der Waals surface area contributed by atoms with Crippen LogP contribution in [0.5, 0.6) is 0 Å². The van der Waals surface area contributed by atoms with Gasteiger partial charge in [0.25, 0.3) is 0 Å². The van der Waals surface area contributed by atoms with E-state index in [0.29, 0.717) is 6.04 Å². The Morgan fingerprint density at radius 3 is 2.83 bits per heavy atom. The summed E-state index contributed by atoms with van der Waals surface area (Å²) in [6.45, 7) is 2.07. The summed E-state index contributed by atoms with van der Waals surface area (Å²) in [5, 5.41) is 18.4. The summed E-state index contributed by atoms with van der Waals surface area (Å²) in [7, 11) is 0. The van der Waals surface area contributed by atoms with Gasteiger partial charge in [-0.05, 0) is 31.4 Å². The summed E-state index contributed by atoms with van der Waals surface area (Å²) in [6, 6.07) is 12.8. The average Bonchev–Trinajstić information content (AvgIpc) is 2.85. The second kappa shape index (κ2) is 6.53. The highest BCUT2D eigenvalue weighted by Gasteiger charge is 2.26. The van der Waals surface area contributed by atoms with E-state index in [0.717, 1.165) is 31.5 Å². The molecular weight excluding hydrogens is 224 g/mol. The Balaban J connectivity index is 2.01. The van der Waals surface area contributed by atoms with E-state index in [-0.39, 0.29) is 12.5 Å². The van der Waals surface area contributed by atoms with Crippen LogP contribution in [0.25, 0.3) is 0 Å². The zero-order valence-electron chi connectivity index (χ0n) is 10.6. The zero-order chi connectivity index (χ0) is 12.8. The molecule has 0 aliphatic carbocycles. The van der Waals surface area contributed by atoms with Crippen molar-refractivity contribution in [1.29, 1.82) is 5.26 Å². The summed E-state index contributed by atoms with van der Waals surface area (Å²) in [5.41, 5.74) is 1.09. The van der Waals surface area contributed by atoms with Crippen molar-refractivity contribution in [1.82, 2.24) is 4.90 Å². The van der Waals surface area contributed by atoms with E-state index in [9.17, 15) is 5.26 Å². The van der Waals surface area contributed by atoms with Gasteiger partial charge in [0.1, 0.15) is 0 Å². The molecule has 96 valence electrons. The standard InChI is InChI=1S/C15H20N2O/c16-11-14(13-5-2-1-3-6-13)12-17-9-4-7-15(17)8-10-18/h1-3,5-6,14-15,18H,4,7-10,12H2. The molecule has 1 saturated heterocycles. The molecule has 0 radical (unpaired) electrons. The number of hydrogen-bond acceptors (Lipinski definition) is 3. The Morgan fingerprint density at radius 2 is 2.17 bits per heavy atom. The quantitative estimate of drug-likeness (QED) is 0.863. The number of nitrogens with zero attached hydrogens (tertiary/aromatic N) is 2.